The zero-order chi connectivity index (χ0) is 21.0. The molecule has 0 radical (unpaired) electrons. The molecule has 0 N–H and O–H groups in total. The van der Waals surface area contributed by atoms with Crippen LogP contribution in [0.4, 0.5) is 8.78 Å². The molecule has 28 heavy (non-hydrogen) atoms. The minimum absolute atomic E-state index is 0.545. The number of hydrogen-bond acceptors (Lipinski definition) is 5. The van der Waals surface area contributed by atoms with E-state index in [-0.39, 0.29) is 0 Å². The first-order valence-electron chi connectivity index (χ1n) is 8.24. The number of ether oxygens (including phenoxy) is 1. The molecule has 0 bridgehead atoms. The van der Waals surface area contributed by atoms with Crippen LogP contribution in [0.1, 0.15) is 20.8 Å². The molecule has 2 rings (SSSR count). The predicted molar refractivity (Wildman–Crippen MR) is 110 cm³/mol. The van der Waals surface area contributed by atoms with E-state index in [1.54, 1.807) is 60.7 Å². The van der Waals surface area contributed by atoms with Crippen LogP contribution in [0.2, 0.25) is 0 Å². The van der Waals surface area contributed by atoms with Crippen LogP contribution in [0.15, 0.2) is 60.7 Å². The third-order valence-electron chi connectivity index (χ3n) is 3.36. The van der Waals surface area contributed by atoms with Gasteiger partial charge < -0.3 is 0 Å². The Hall–Kier alpha value is -1.59. The summed E-state index contributed by atoms with van der Waals surface area (Å²) >= 11 is -3.18. The molecule has 0 saturated heterocycles. The van der Waals surface area contributed by atoms with E-state index in [4.69, 9.17) is 2.51 Å². The van der Waals surface area contributed by atoms with Crippen molar-refractivity contribution in [3.63, 3.8) is 0 Å². The van der Waals surface area contributed by atoms with Crippen molar-refractivity contribution in [3.05, 3.63) is 67.8 Å². The van der Waals surface area contributed by atoms with Crippen LogP contribution < -0.4 is 0 Å². The Bertz CT molecular complexity index is 857. The van der Waals surface area contributed by atoms with E-state index in [1.807, 2.05) is 0 Å². The number of hydrogen-bond donors (Lipinski definition) is 0. The molecular weight excluding hydrogens is 505 g/mol. The summed E-state index contributed by atoms with van der Waals surface area (Å²) in [6.45, 7) is 2.84. The van der Waals surface area contributed by atoms with Crippen LogP contribution in [0.5, 0.6) is 0 Å². The maximum absolute atomic E-state index is 14.4. The van der Waals surface area contributed by atoms with E-state index in [9.17, 15) is 22.0 Å². The Kier molecular flexibility index (Phi) is 7.16. The first-order chi connectivity index (χ1) is 12.9. The molecule has 5 nitrogen and oxygen atoms in total. The molecule has 0 saturated carbocycles. The molecule has 0 aliphatic carbocycles. The standard InChI is InChI=1S/C19H21F2IO5S/c1-18(2,3)17(23)26-14-19(20,21)28(24,25)27-22(15-10-6-4-7-11-15)16-12-8-5-9-13-16/h4-13H,14H2,1-3H3. The zero-order valence-corrected chi connectivity index (χ0v) is 18.5. The summed E-state index contributed by atoms with van der Waals surface area (Å²) in [4.78, 5) is 11.7. The Morgan fingerprint density at radius 3 is 1.75 bits per heavy atom. The molecule has 154 valence electrons. The van der Waals surface area contributed by atoms with Crippen LogP contribution in [-0.2, 0) is 22.2 Å². The van der Waals surface area contributed by atoms with Gasteiger partial charge in [0.05, 0.1) is 0 Å². The van der Waals surface area contributed by atoms with Crippen molar-refractivity contribution in [1.82, 2.24) is 0 Å². The van der Waals surface area contributed by atoms with Gasteiger partial charge in [-0.2, -0.15) is 0 Å². The summed E-state index contributed by atoms with van der Waals surface area (Å²) in [7, 11) is -5.34. The SMILES string of the molecule is CC(C)(C)C(=O)OCC(F)(F)S(=O)(=O)OI(c1ccccc1)c1ccccc1. The van der Waals surface area contributed by atoms with Crippen molar-refractivity contribution in [2.45, 2.75) is 26.0 Å². The van der Waals surface area contributed by atoms with E-state index in [2.05, 4.69) is 4.74 Å². The number of rotatable bonds is 7. The fourth-order valence-corrected chi connectivity index (χ4v) is 8.74. The molecule has 0 aliphatic rings. The average Bonchev–Trinajstić information content (AvgIpc) is 2.64. The number of halogens is 3. The normalized spacial score (nSPS) is 13.1. The maximum atomic E-state index is 14.4. The summed E-state index contributed by atoms with van der Waals surface area (Å²) in [6, 6.07) is 16.8. The molecule has 0 fully saturated rings. The van der Waals surface area contributed by atoms with Gasteiger partial charge in [0.25, 0.3) is 0 Å². The summed E-state index contributed by atoms with van der Waals surface area (Å²) in [6.07, 6.45) is 0. The molecule has 0 heterocycles. The summed E-state index contributed by atoms with van der Waals surface area (Å²) in [5.41, 5.74) is -1.03. The Balaban J connectivity index is 2.28. The van der Waals surface area contributed by atoms with Crippen LogP contribution in [0.3, 0.4) is 0 Å². The molecule has 0 aliphatic heterocycles. The van der Waals surface area contributed by atoms with Gasteiger partial charge in [-0.25, -0.2) is 0 Å². The number of carbonyl (C=O) groups is 1. The van der Waals surface area contributed by atoms with Gasteiger partial charge in [0.1, 0.15) is 0 Å². The molecule has 2 aromatic carbocycles. The minimum atomic E-state index is -5.34. The van der Waals surface area contributed by atoms with Crippen molar-refractivity contribution in [3.8, 4) is 0 Å². The number of esters is 1. The van der Waals surface area contributed by atoms with Gasteiger partial charge in [-0.3, -0.25) is 0 Å². The van der Waals surface area contributed by atoms with Gasteiger partial charge in [0.2, 0.25) is 0 Å². The number of benzene rings is 2. The van der Waals surface area contributed by atoms with Gasteiger partial charge in [-0.05, 0) is 0 Å². The van der Waals surface area contributed by atoms with E-state index < -0.39 is 53.6 Å². The van der Waals surface area contributed by atoms with Crippen molar-refractivity contribution in [2.75, 3.05) is 6.61 Å². The monoisotopic (exact) mass is 526 g/mol. The third-order valence-corrected chi connectivity index (χ3v) is 10.7. The van der Waals surface area contributed by atoms with Gasteiger partial charge in [-0.1, -0.05) is 0 Å². The average molecular weight is 526 g/mol. The Morgan fingerprint density at radius 1 is 0.929 bits per heavy atom. The van der Waals surface area contributed by atoms with Crippen LogP contribution >= 0.6 is 20.2 Å². The molecule has 0 unspecified atom stereocenters. The fraction of sp³-hybridized carbons (Fsp3) is 0.316. The summed E-state index contributed by atoms with van der Waals surface area (Å²) in [5.74, 6) is -0.927. The second-order valence-electron chi connectivity index (χ2n) is 6.82. The van der Waals surface area contributed by atoms with Gasteiger partial charge in [0, 0.05) is 0 Å². The van der Waals surface area contributed by atoms with E-state index >= 15 is 0 Å². The molecule has 0 atom stereocenters. The van der Waals surface area contributed by atoms with Crippen molar-refractivity contribution in [2.24, 2.45) is 5.41 Å². The van der Waals surface area contributed by atoms with E-state index in [1.165, 1.54) is 20.8 Å². The summed E-state index contributed by atoms with van der Waals surface area (Å²) in [5, 5.41) is -4.37. The first-order valence-corrected chi connectivity index (χ1v) is 12.7. The summed E-state index contributed by atoms with van der Waals surface area (Å²) < 4.78 is 64.1. The molecule has 9 heteroatoms. The van der Waals surface area contributed by atoms with Crippen LogP contribution in [0.25, 0.3) is 0 Å². The second kappa shape index (κ2) is 8.83. The molecule has 0 amide bonds. The van der Waals surface area contributed by atoms with Crippen LogP contribution in [0, 0.1) is 12.6 Å². The van der Waals surface area contributed by atoms with Gasteiger partial charge in [-0.15, -0.1) is 0 Å². The number of carbonyl (C=O) groups excluding carboxylic acids is 1. The van der Waals surface area contributed by atoms with Crippen molar-refractivity contribution >= 4 is 36.3 Å². The third kappa shape index (κ3) is 5.71. The predicted octanol–water partition coefficient (Wildman–Crippen LogP) is 4.68. The quantitative estimate of drug-likeness (QED) is 0.388. The molecule has 0 spiro atoms. The van der Waals surface area contributed by atoms with Crippen molar-refractivity contribution in [1.29, 1.82) is 0 Å². The molecule has 2 aromatic rings. The topological polar surface area (TPSA) is 69.7 Å². The molecular formula is C19H21F2IO5S. The fourth-order valence-electron chi connectivity index (χ4n) is 1.82. The Morgan fingerprint density at radius 2 is 1.36 bits per heavy atom. The van der Waals surface area contributed by atoms with E-state index in [0.717, 1.165) is 0 Å². The number of alkyl halides is 2. The molecule has 0 aromatic heterocycles. The Labute approximate surface area is 171 Å². The van der Waals surface area contributed by atoms with Gasteiger partial charge >= 0.3 is 171 Å². The van der Waals surface area contributed by atoms with Gasteiger partial charge in [0.15, 0.2) is 0 Å². The van der Waals surface area contributed by atoms with E-state index in [0.29, 0.717) is 7.14 Å². The zero-order valence-electron chi connectivity index (χ0n) is 15.6. The second-order valence-corrected chi connectivity index (χ2v) is 13.4. The van der Waals surface area contributed by atoms with Crippen molar-refractivity contribution < 1.29 is 29.2 Å². The first kappa shape index (κ1) is 22.7. The van der Waals surface area contributed by atoms with Crippen LogP contribution in [-0.4, -0.2) is 26.2 Å².